The summed E-state index contributed by atoms with van der Waals surface area (Å²) in [6, 6.07) is 39.8. The first-order valence-electron chi connectivity index (χ1n) is 16.9. The number of allylic oxidation sites excluding steroid dienone is 6. The van der Waals surface area contributed by atoms with Gasteiger partial charge < -0.3 is 18.4 Å². The summed E-state index contributed by atoms with van der Waals surface area (Å²) in [4.78, 5) is 0. The summed E-state index contributed by atoms with van der Waals surface area (Å²) in [6.45, 7) is 8.42. The van der Waals surface area contributed by atoms with E-state index in [1.54, 1.807) is 0 Å². The molecule has 1 aliphatic carbocycles. The number of rotatable bonds is 4. The molecule has 0 radical (unpaired) electrons. The van der Waals surface area contributed by atoms with Gasteiger partial charge in [0, 0.05) is 32.9 Å². The second kappa shape index (κ2) is 10.7. The molecule has 1 aliphatic heterocycles. The molecule has 1 saturated heterocycles. The van der Waals surface area contributed by atoms with E-state index in [2.05, 4.69) is 176 Å². The van der Waals surface area contributed by atoms with E-state index in [0.717, 1.165) is 23.1 Å². The Labute approximate surface area is 281 Å². The molecule has 9 rings (SSSR count). The highest BCUT2D eigenvalue weighted by Gasteiger charge is 2.51. The van der Waals surface area contributed by atoms with Crippen molar-refractivity contribution in [1.82, 2.24) is 9.13 Å². The Bertz CT molecular complexity index is 2480. The molecule has 48 heavy (non-hydrogen) atoms. The van der Waals surface area contributed by atoms with Crippen LogP contribution in [0.3, 0.4) is 0 Å². The smallest absolute Gasteiger partial charge is 0.399 e. The molecule has 4 nitrogen and oxygen atoms in total. The highest BCUT2D eigenvalue weighted by atomic mass is 16.7. The summed E-state index contributed by atoms with van der Waals surface area (Å²) < 4.78 is 17.7. The molecule has 0 unspecified atom stereocenters. The van der Waals surface area contributed by atoms with Crippen LogP contribution in [-0.2, 0) is 9.31 Å². The van der Waals surface area contributed by atoms with Gasteiger partial charge in [0.1, 0.15) is 0 Å². The van der Waals surface area contributed by atoms with Crippen LogP contribution in [0, 0.1) is 0 Å². The molecule has 0 spiro atoms. The van der Waals surface area contributed by atoms with Crippen LogP contribution in [0.2, 0.25) is 0 Å². The molecular formula is C43H37BN2O2. The lowest BCUT2D eigenvalue weighted by Gasteiger charge is -2.32. The van der Waals surface area contributed by atoms with E-state index < -0.39 is 18.3 Å². The molecule has 2 aliphatic rings. The fourth-order valence-corrected chi connectivity index (χ4v) is 7.37. The minimum absolute atomic E-state index is 0.403. The molecule has 5 aromatic carbocycles. The third kappa shape index (κ3) is 4.46. The van der Waals surface area contributed by atoms with Crippen molar-refractivity contribution in [3.63, 3.8) is 0 Å². The van der Waals surface area contributed by atoms with Gasteiger partial charge >= 0.3 is 7.12 Å². The molecule has 0 amide bonds. The SMILES string of the molecule is CC1(C)OB(c2ccc3c(c2)c2cc(-c4ccc5c(c4)c4ccccc4n5C4=CCC=CC=C4)ccc2n3-c2ccccc2)OC1(C)C. The average molecular weight is 625 g/mol. The average Bonchev–Trinajstić information content (AvgIpc) is 3.56. The molecule has 2 aromatic heterocycles. The number of hydrogen-bond acceptors (Lipinski definition) is 2. The van der Waals surface area contributed by atoms with Gasteiger partial charge in [0.15, 0.2) is 0 Å². The lowest BCUT2D eigenvalue weighted by atomic mass is 9.78. The van der Waals surface area contributed by atoms with Crippen LogP contribution in [0.5, 0.6) is 0 Å². The van der Waals surface area contributed by atoms with Crippen molar-refractivity contribution in [2.45, 2.75) is 45.3 Å². The molecule has 1 fully saturated rings. The second-order valence-corrected chi connectivity index (χ2v) is 14.0. The molecule has 7 aromatic rings. The Morgan fingerprint density at radius 3 is 1.88 bits per heavy atom. The molecule has 234 valence electrons. The lowest BCUT2D eigenvalue weighted by molar-refractivity contribution is 0.00578. The van der Waals surface area contributed by atoms with Gasteiger partial charge in [-0.25, -0.2) is 0 Å². The Balaban J connectivity index is 1.23. The summed E-state index contributed by atoms with van der Waals surface area (Å²) in [5.74, 6) is 0. The fourth-order valence-electron chi connectivity index (χ4n) is 7.37. The van der Waals surface area contributed by atoms with E-state index in [1.165, 1.54) is 54.9 Å². The topological polar surface area (TPSA) is 28.3 Å². The zero-order chi connectivity index (χ0) is 32.6. The standard InChI is InChI=1S/C43H37BN2O2/c1-42(2)43(3,4)48-44(47-42)31-22-25-41-37(28-31)36-27-30(21-24-40(36)46(41)33-16-10-7-11-17-33)29-20-23-39-35(26-29)34-18-12-13-19-38(34)45(39)32-14-8-5-6-9-15-32/h5-8,10-28H,9H2,1-4H3. The maximum absolute atomic E-state index is 6.48. The van der Waals surface area contributed by atoms with Crippen molar-refractivity contribution in [3.8, 4) is 16.8 Å². The molecule has 0 bridgehead atoms. The Morgan fingerprint density at radius 2 is 1.15 bits per heavy atom. The molecule has 0 atom stereocenters. The van der Waals surface area contributed by atoms with E-state index in [1.807, 2.05) is 0 Å². The van der Waals surface area contributed by atoms with Gasteiger partial charge in [-0.05, 0) is 105 Å². The van der Waals surface area contributed by atoms with Crippen LogP contribution >= 0.6 is 0 Å². The van der Waals surface area contributed by atoms with Crippen molar-refractivity contribution in [1.29, 1.82) is 0 Å². The third-order valence-electron chi connectivity index (χ3n) is 10.6. The van der Waals surface area contributed by atoms with Crippen molar-refractivity contribution < 1.29 is 9.31 Å². The number of fused-ring (bicyclic) bond motifs is 6. The molecular weight excluding hydrogens is 587 g/mol. The van der Waals surface area contributed by atoms with Gasteiger partial charge in [-0.1, -0.05) is 85.0 Å². The summed E-state index contributed by atoms with van der Waals surface area (Å²) in [5, 5.41) is 4.90. The number of nitrogens with zero attached hydrogens (tertiary/aromatic N) is 2. The first-order valence-corrected chi connectivity index (χ1v) is 16.9. The molecule has 5 heteroatoms. The van der Waals surface area contributed by atoms with Gasteiger partial charge in [0.05, 0.1) is 33.3 Å². The van der Waals surface area contributed by atoms with E-state index in [9.17, 15) is 0 Å². The minimum Gasteiger partial charge on any atom is -0.399 e. The van der Waals surface area contributed by atoms with Gasteiger partial charge in [-0.3, -0.25) is 0 Å². The molecule has 0 saturated carbocycles. The van der Waals surface area contributed by atoms with Crippen LogP contribution in [0.15, 0.2) is 140 Å². The van der Waals surface area contributed by atoms with Crippen LogP contribution in [0.1, 0.15) is 34.1 Å². The van der Waals surface area contributed by atoms with E-state index >= 15 is 0 Å². The quantitative estimate of drug-likeness (QED) is 0.182. The minimum atomic E-state index is -0.424. The Kier molecular flexibility index (Phi) is 6.49. The number of benzene rings is 5. The second-order valence-electron chi connectivity index (χ2n) is 14.0. The van der Waals surface area contributed by atoms with Crippen LogP contribution in [-0.4, -0.2) is 27.5 Å². The fraction of sp³-hybridized carbons (Fsp3) is 0.163. The monoisotopic (exact) mass is 624 g/mol. The van der Waals surface area contributed by atoms with E-state index in [-0.39, 0.29) is 0 Å². The summed E-state index contributed by atoms with van der Waals surface area (Å²) in [6.07, 6.45) is 11.9. The largest absolute Gasteiger partial charge is 0.494 e. The highest BCUT2D eigenvalue weighted by Crippen LogP contribution is 2.40. The summed E-state index contributed by atoms with van der Waals surface area (Å²) >= 11 is 0. The van der Waals surface area contributed by atoms with Crippen LogP contribution in [0.4, 0.5) is 0 Å². The predicted molar refractivity (Wildman–Crippen MR) is 202 cm³/mol. The maximum atomic E-state index is 6.48. The van der Waals surface area contributed by atoms with Gasteiger partial charge in [-0.2, -0.15) is 0 Å². The predicted octanol–water partition coefficient (Wildman–Crippen LogP) is 10.2. The van der Waals surface area contributed by atoms with Crippen LogP contribution < -0.4 is 5.46 Å². The zero-order valence-electron chi connectivity index (χ0n) is 27.8. The molecule has 3 heterocycles. The van der Waals surface area contributed by atoms with Crippen molar-refractivity contribution in [3.05, 3.63) is 140 Å². The van der Waals surface area contributed by atoms with Crippen LogP contribution in [0.25, 0.3) is 66.1 Å². The first-order chi connectivity index (χ1) is 23.3. The van der Waals surface area contributed by atoms with E-state index in [4.69, 9.17) is 9.31 Å². The normalized spacial score (nSPS) is 17.2. The first kappa shape index (κ1) is 29.1. The summed E-state index contributed by atoms with van der Waals surface area (Å²) in [5.41, 5.74) is 9.71. The van der Waals surface area contributed by atoms with Gasteiger partial charge in [-0.15, -0.1) is 0 Å². The number of hydrogen-bond donors (Lipinski definition) is 0. The zero-order valence-corrected chi connectivity index (χ0v) is 27.8. The summed E-state index contributed by atoms with van der Waals surface area (Å²) in [7, 11) is -0.424. The van der Waals surface area contributed by atoms with E-state index in [0.29, 0.717) is 0 Å². The third-order valence-corrected chi connectivity index (χ3v) is 10.6. The highest BCUT2D eigenvalue weighted by molar-refractivity contribution is 6.62. The Morgan fingerprint density at radius 1 is 0.562 bits per heavy atom. The number of aromatic nitrogens is 2. The lowest BCUT2D eigenvalue weighted by Crippen LogP contribution is -2.41. The Hall–Kier alpha value is -5.10. The maximum Gasteiger partial charge on any atom is 0.494 e. The number of para-hydroxylation sites is 2. The van der Waals surface area contributed by atoms with Crippen molar-refractivity contribution in [2.75, 3.05) is 0 Å². The van der Waals surface area contributed by atoms with Gasteiger partial charge in [0.25, 0.3) is 0 Å². The van der Waals surface area contributed by atoms with Crippen molar-refractivity contribution in [2.24, 2.45) is 0 Å². The van der Waals surface area contributed by atoms with Crippen molar-refractivity contribution >= 4 is 61.9 Å². The molecule has 0 N–H and O–H groups in total. The van der Waals surface area contributed by atoms with Gasteiger partial charge in [0.2, 0.25) is 0 Å².